The Morgan fingerprint density at radius 2 is 1.74 bits per heavy atom. The first-order chi connectivity index (χ1) is 14.8. The van der Waals surface area contributed by atoms with E-state index in [1.54, 1.807) is 29.2 Å². The van der Waals surface area contributed by atoms with E-state index in [0.29, 0.717) is 25.3 Å². The number of benzene rings is 2. The second-order valence-corrected chi connectivity index (χ2v) is 9.26. The lowest BCUT2D eigenvalue weighted by molar-refractivity contribution is -0.126. The van der Waals surface area contributed by atoms with Crippen molar-refractivity contribution < 1.29 is 22.7 Å². The van der Waals surface area contributed by atoms with Crippen LogP contribution < -0.4 is 19.7 Å². The molecule has 0 radical (unpaired) electrons. The summed E-state index contributed by atoms with van der Waals surface area (Å²) in [4.78, 5) is 26.6. The van der Waals surface area contributed by atoms with Gasteiger partial charge in [-0.25, -0.2) is 13.1 Å². The highest BCUT2D eigenvalue weighted by Gasteiger charge is 2.35. The molecule has 0 spiro atoms. The second kappa shape index (κ2) is 9.93. The summed E-state index contributed by atoms with van der Waals surface area (Å²) in [7, 11) is -1.95. The van der Waals surface area contributed by atoms with Gasteiger partial charge < -0.3 is 15.0 Å². The molecule has 1 heterocycles. The van der Waals surface area contributed by atoms with E-state index in [9.17, 15) is 18.0 Å². The second-order valence-electron chi connectivity index (χ2n) is 7.33. The Kier molecular flexibility index (Phi) is 7.29. The topological polar surface area (TPSA) is 105 Å². The zero-order valence-electron chi connectivity index (χ0n) is 17.6. The van der Waals surface area contributed by atoms with E-state index in [2.05, 4.69) is 10.0 Å². The molecule has 1 saturated heterocycles. The van der Waals surface area contributed by atoms with E-state index in [0.717, 1.165) is 17.0 Å². The van der Waals surface area contributed by atoms with Crippen molar-refractivity contribution in [2.75, 3.05) is 25.1 Å². The van der Waals surface area contributed by atoms with Crippen LogP contribution in [0.2, 0.25) is 0 Å². The molecule has 1 aliphatic rings. The van der Waals surface area contributed by atoms with E-state index < -0.39 is 15.9 Å². The number of anilines is 1. The molecule has 0 unspecified atom stereocenters. The molecule has 9 heteroatoms. The number of nitrogens with one attached hydrogen (secondary N) is 2. The maximum absolute atomic E-state index is 12.6. The molecule has 1 aliphatic heterocycles. The molecular formula is C22H27N3O5S. The van der Waals surface area contributed by atoms with Crippen LogP contribution in [0, 0.1) is 5.92 Å². The summed E-state index contributed by atoms with van der Waals surface area (Å²) in [5.41, 5.74) is 2.26. The van der Waals surface area contributed by atoms with Crippen molar-refractivity contribution in [3.05, 3.63) is 59.7 Å². The van der Waals surface area contributed by atoms with Crippen molar-refractivity contribution in [2.24, 2.45) is 5.92 Å². The molecule has 2 N–H and O–H groups in total. The molecule has 166 valence electrons. The van der Waals surface area contributed by atoms with Crippen molar-refractivity contribution in [3.8, 4) is 5.75 Å². The third-order valence-corrected chi connectivity index (χ3v) is 6.45. The number of carbonyl (C=O) groups is 2. The van der Waals surface area contributed by atoms with Crippen molar-refractivity contribution in [3.63, 3.8) is 0 Å². The van der Waals surface area contributed by atoms with E-state index in [4.69, 9.17) is 4.74 Å². The van der Waals surface area contributed by atoms with Gasteiger partial charge in [0.1, 0.15) is 5.75 Å². The van der Waals surface area contributed by atoms with Crippen LogP contribution in [0.1, 0.15) is 24.5 Å². The molecule has 3 rings (SSSR count). The first-order valence-electron chi connectivity index (χ1n) is 10.1. The van der Waals surface area contributed by atoms with Crippen LogP contribution in [0.4, 0.5) is 5.69 Å². The number of rotatable bonds is 9. The Labute approximate surface area is 182 Å². The number of sulfonamides is 1. The molecule has 1 fully saturated rings. The fraction of sp³-hybridized carbons (Fsp3) is 0.364. The van der Waals surface area contributed by atoms with Gasteiger partial charge in [0.2, 0.25) is 21.8 Å². The van der Waals surface area contributed by atoms with Crippen LogP contribution in [0.15, 0.2) is 48.5 Å². The predicted octanol–water partition coefficient (Wildman–Crippen LogP) is 1.80. The minimum absolute atomic E-state index is 0.0839. The number of hydrogen-bond donors (Lipinski definition) is 2. The van der Waals surface area contributed by atoms with Gasteiger partial charge >= 0.3 is 0 Å². The highest BCUT2D eigenvalue weighted by molar-refractivity contribution is 7.88. The van der Waals surface area contributed by atoms with Gasteiger partial charge in [0.25, 0.3) is 0 Å². The fourth-order valence-electron chi connectivity index (χ4n) is 3.40. The molecule has 0 bridgehead atoms. The van der Waals surface area contributed by atoms with Gasteiger partial charge in [-0.3, -0.25) is 9.59 Å². The lowest BCUT2D eigenvalue weighted by atomic mass is 10.1. The molecule has 31 heavy (non-hydrogen) atoms. The van der Waals surface area contributed by atoms with Crippen LogP contribution in [0.3, 0.4) is 0 Å². The maximum atomic E-state index is 12.6. The number of carbonyl (C=O) groups excluding carboxylic acids is 2. The SMILES string of the molecule is CCOc1ccc(N2C[C@H](C(=O)NCc3ccc(CS(=O)(=O)NC)cc3)CC2=O)cc1. The molecule has 2 amide bonds. The minimum atomic E-state index is -3.32. The van der Waals surface area contributed by atoms with Crippen LogP contribution >= 0.6 is 0 Å². The third kappa shape index (κ3) is 6.05. The molecule has 0 aromatic heterocycles. The minimum Gasteiger partial charge on any atom is -0.494 e. The quantitative estimate of drug-likeness (QED) is 0.613. The van der Waals surface area contributed by atoms with Crippen LogP contribution in [0.5, 0.6) is 5.75 Å². The zero-order chi connectivity index (χ0) is 22.4. The van der Waals surface area contributed by atoms with Crippen LogP contribution in [-0.2, 0) is 31.9 Å². The van der Waals surface area contributed by atoms with E-state index >= 15 is 0 Å². The normalized spacial score (nSPS) is 16.4. The van der Waals surface area contributed by atoms with Crippen LogP contribution in [0.25, 0.3) is 0 Å². The summed E-state index contributed by atoms with van der Waals surface area (Å²) < 4.78 is 30.9. The molecule has 2 aromatic rings. The van der Waals surface area contributed by atoms with Gasteiger partial charge in [-0.2, -0.15) is 0 Å². The fourth-order valence-corrected chi connectivity index (χ4v) is 4.18. The molecular weight excluding hydrogens is 418 g/mol. The standard InChI is InChI=1S/C22H27N3O5S/c1-3-30-20-10-8-19(9-11-20)25-14-18(12-21(25)26)22(27)24-13-16-4-6-17(7-5-16)15-31(28,29)23-2/h4-11,18,23H,3,12-15H2,1-2H3,(H,24,27)/t18-/m1/s1. The zero-order valence-corrected chi connectivity index (χ0v) is 18.4. The van der Waals surface area contributed by atoms with Gasteiger partial charge in [-0.05, 0) is 49.4 Å². The average molecular weight is 446 g/mol. The first kappa shape index (κ1) is 22.8. The molecule has 2 aromatic carbocycles. The Bertz CT molecular complexity index is 1020. The molecule has 8 nitrogen and oxygen atoms in total. The third-order valence-electron chi connectivity index (χ3n) is 5.11. The smallest absolute Gasteiger partial charge is 0.227 e. The maximum Gasteiger partial charge on any atom is 0.227 e. The largest absolute Gasteiger partial charge is 0.494 e. The monoisotopic (exact) mass is 445 g/mol. The summed E-state index contributed by atoms with van der Waals surface area (Å²) in [5.74, 6) is -0.0364. The van der Waals surface area contributed by atoms with Crippen LogP contribution in [-0.4, -0.2) is 40.4 Å². The lowest BCUT2D eigenvalue weighted by Crippen LogP contribution is -2.32. The van der Waals surface area contributed by atoms with E-state index in [1.165, 1.54) is 7.05 Å². The number of ether oxygens (including phenoxy) is 1. The highest BCUT2D eigenvalue weighted by Crippen LogP contribution is 2.27. The first-order valence-corrected chi connectivity index (χ1v) is 11.8. The van der Waals surface area contributed by atoms with Crippen molar-refractivity contribution >= 4 is 27.5 Å². The van der Waals surface area contributed by atoms with Gasteiger partial charge in [0.05, 0.1) is 18.3 Å². The Balaban J connectivity index is 1.53. The lowest BCUT2D eigenvalue weighted by Gasteiger charge is -2.17. The summed E-state index contributed by atoms with van der Waals surface area (Å²) >= 11 is 0. The van der Waals surface area contributed by atoms with E-state index in [1.807, 2.05) is 31.2 Å². The molecule has 0 aliphatic carbocycles. The van der Waals surface area contributed by atoms with Gasteiger partial charge in [-0.1, -0.05) is 24.3 Å². The van der Waals surface area contributed by atoms with Gasteiger partial charge in [0.15, 0.2) is 0 Å². The number of nitrogens with zero attached hydrogens (tertiary/aromatic N) is 1. The Hall–Kier alpha value is -2.91. The summed E-state index contributed by atoms with van der Waals surface area (Å²) in [5, 5.41) is 2.87. The van der Waals surface area contributed by atoms with Crippen molar-refractivity contribution in [2.45, 2.75) is 25.6 Å². The Morgan fingerprint density at radius 1 is 1.10 bits per heavy atom. The summed E-state index contributed by atoms with van der Waals surface area (Å²) in [6.07, 6.45) is 0.167. The van der Waals surface area contributed by atoms with Crippen molar-refractivity contribution in [1.82, 2.24) is 10.0 Å². The summed E-state index contributed by atoms with van der Waals surface area (Å²) in [6.45, 7) is 3.12. The number of amides is 2. The molecule has 0 saturated carbocycles. The molecule has 1 atom stereocenters. The average Bonchev–Trinajstić information content (AvgIpc) is 3.15. The van der Waals surface area contributed by atoms with Gasteiger partial charge in [0, 0.05) is 25.2 Å². The Morgan fingerprint density at radius 3 is 2.35 bits per heavy atom. The van der Waals surface area contributed by atoms with Gasteiger partial charge in [-0.15, -0.1) is 0 Å². The number of hydrogen-bond acceptors (Lipinski definition) is 5. The summed E-state index contributed by atoms with van der Waals surface area (Å²) in [6, 6.07) is 14.3. The predicted molar refractivity (Wildman–Crippen MR) is 118 cm³/mol. The van der Waals surface area contributed by atoms with E-state index in [-0.39, 0.29) is 24.0 Å². The highest BCUT2D eigenvalue weighted by atomic mass is 32.2. The van der Waals surface area contributed by atoms with Crippen molar-refractivity contribution in [1.29, 1.82) is 0 Å².